The van der Waals surface area contributed by atoms with Crippen molar-refractivity contribution in [3.63, 3.8) is 0 Å². The molecule has 3 N–H and O–H groups in total. The highest BCUT2D eigenvalue weighted by Gasteiger charge is 2.12. The summed E-state index contributed by atoms with van der Waals surface area (Å²) in [7, 11) is 0. The maximum Gasteiger partial charge on any atom is 0.265 e. The minimum absolute atomic E-state index is 0.264. The van der Waals surface area contributed by atoms with Crippen molar-refractivity contribution in [2.75, 3.05) is 6.54 Å². The van der Waals surface area contributed by atoms with Crippen molar-refractivity contribution in [2.24, 2.45) is 5.84 Å². The van der Waals surface area contributed by atoms with Crippen LogP contribution in [0.25, 0.3) is 0 Å². The first-order valence-electron chi connectivity index (χ1n) is 6.95. The van der Waals surface area contributed by atoms with Crippen molar-refractivity contribution in [1.82, 2.24) is 15.3 Å². The van der Waals surface area contributed by atoms with Crippen LogP contribution in [0, 0.1) is 0 Å². The summed E-state index contributed by atoms with van der Waals surface area (Å²) in [4.78, 5) is 18.4. The summed E-state index contributed by atoms with van der Waals surface area (Å²) >= 11 is 0. The average Bonchev–Trinajstić information content (AvgIpc) is 2.55. The smallest absolute Gasteiger partial charge is 0.265 e. The van der Waals surface area contributed by atoms with Crippen LogP contribution in [0.15, 0.2) is 48.7 Å². The third kappa shape index (κ3) is 4.11. The monoisotopic (exact) mass is 284 g/mol. The molecule has 1 aromatic carbocycles. The second-order valence-electron chi connectivity index (χ2n) is 4.75. The summed E-state index contributed by atoms with van der Waals surface area (Å²) in [5.74, 6) is 4.97. The molecule has 0 aliphatic heterocycles. The quantitative estimate of drug-likeness (QED) is 0.481. The Balaban J connectivity index is 2.13. The van der Waals surface area contributed by atoms with E-state index in [1.54, 1.807) is 12.3 Å². The zero-order valence-electron chi connectivity index (χ0n) is 12.1. The average molecular weight is 284 g/mol. The minimum atomic E-state index is -0.264. The van der Waals surface area contributed by atoms with Gasteiger partial charge in [-0.2, -0.15) is 0 Å². The lowest BCUT2D eigenvalue weighted by atomic mass is 10.1. The number of nitrogens with two attached hydrogens (primary N) is 1. The van der Waals surface area contributed by atoms with Gasteiger partial charge in [0.25, 0.3) is 5.91 Å². The van der Waals surface area contributed by atoms with Crippen LogP contribution in [0.2, 0.25) is 0 Å². The molecule has 0 saturated carbocycles. The fourth-order valence-electron chi connectivity index (χ4n) is 2.20. The Hall–Kier alpha value is -2.24. The van der Waals surface area contributed by atoms with Gasteiger partial charge in [-0.3, -0.25) is 20.1 Å². The summed E-state index contributed by atoms with van der Waals surface area (Å²) in [5.41, 5.74) is 4.77. The minimum Gasteiger partial charge on any atom is -0.294 e. The normalized spacial score (nSPS) is 10.6. The highest BCUT2D eigenvalue weighted by molar-refractivity contribution is 5.95. The van der Waals surface area contributed by atoms with Crippen LogP contribution in [0.1, 0.15) is 28.5 Å². The number of amides is 1. The van der Waals surface area contributed by atoms with E-state index in [0.29, 0.717) is 12.1 Å². The number of aromatic nitrogens is 1. The van der Waals surface area contributed by atoms with Crippen LogP contribution in [0.5, 0.6) is 0 Å². The van der Waals surface area contributed by atoms with Crippen LogP contribution in [-0.2, 0) is 13.1 Å². The molecule has 5 heteroatoms. The Morgan fingerprint density at radius 3 is 2.62 bits per heavy atom. The van der Waals surface area contributed by atoms with Crippen LogP contribution in [0.3, 0.4) is 0 Å². The molecule has 1 amide bonds. The van der Waals surface area contributed by atoms with Gasteiger partial charge in [0.2, 0.25) is 0 Å². The number of nitrogens with one attached hydrogen (secondary N) is 1. The van der Waals surface area contributed by atoms with E-state index in [4.69, 9.17) is 5.84 Å². The maximum absolute atomic E-state index is 11.8. The maximum atomic E-state index is 11.8. The Kier molecular flexibility index (Phi) is 5.43. The molecule has 0 saturated heterocycles. The molecule has 2 rings (SSSR count). The molecule has 21 heavy (non-hydrogen) atoms. The standard InChI is InChI=1S/C16H20N4O/c1-2-20(12-14-8-5-6-10-18-14)11-13-7-3-4-9-15(13)16(21)19-17/h3-10H,2,11-12,17H2,1H3,(H,19,21). The Morgan fingerprint density at radius 1 is 1.19 bits per heavy atom. The van der Waals surface area contributed by atoms with E-state index in [0.717, 1.165) is 24.3 Å². The third-order valence-electron chi connectivity index (χ3n) is 3.35. The third-order valence-corrected chi connectivity index (χ3v) is 3.35. The van der Waals surface area contributed by atoms with Gasteiger partial charge in [-0.25, -0.2) is 5.84 Å². The van der Waals surface area contributed by atoms with E-state index >= 15 is 0 Å². The number of nitrogen functional groups attached to an aromatic ring is 1. The van der Waals surface area contributed by atoms with E-state index in [1.807, 2.05) is 36.4 Å². The molecule has 0 aliphatic carbocycles. The molecule has 0 fully saturated rings. The molecule has 0 radical (unpaired) electrons. The van der Waals surface area contributed by atoms with Crippen LogP contribution in [-0.4, -0.2) is 22.3 Å². The van der Waals surface area contributed by atoms with Gasteiger partial charge in [-0.1, -0.05) is 31.2 Å². The SMILES string of the molecule is CCN(Cc1ccccn1)Cc1ccccc1C(=O)NN. The van der Waals surface area contributed by atoms with Gasteiger partial charge >= 0.3 is 0 Å². The van der Waals surface area contributed by atoms with Gasteiger partial charge in [0, 0.05) is 24.8 Å². The lowest BCUT2D eigenvalue weighted by Gasteiger charge is -2.21. The second kappa shape index (κ2) is 7.52. The summed E-state index contributed by atoms with van der Waals surface area (Å²) in [6, 6.07) is 13.4. The molecule has 1 aromatic heterocycles. The van der Waals surface area contributed by atoms with Crippen molar-refractivity contribution in [3.05, 3.63) is 65.5 Å². The lowest BCUT2D eigenvalue weighted by molar-refractivity contribution is 0.0951. The predicted octanol–water partition coefficient (Wildman–Crippen LogP) is 1.71. The number of hydrogen-bond acceptors (Lipinski definition) is 4. The Bertz CT molecular complexity index is 586. The first-order chi connectivity index (χ1) is 10.2. The van der Waals surface area contributed by atoms with Crippen LogP contribution < -0.4 is 11.3 Å². The van der Waals surface area contributed by atoms with Crippen molar-refractivity contribution in [1.29, 1.82) is 0 Å². The van der Waals surface area contributed by atoms with Crippen molar-refractivity contribution < 1.29 is 4.79 Å². The van der Waals surface area contributed by atoms with Gasteiger partial charge in [-0.15, -0.1) is 0 Å². The lowest BCUT2D eigenvalue weighted by Crippen LogP contribution is -2.32. The number of rotatable bonds is 6. The van der Waals surface area contributed by atoms with Crippen LogP contribution in [0.4, 0.5) is 0 Å². The number of benzene rings is 1. The van der Waals surface area contributed by atoms with E-state index in [1.165, 1.54) is 0 Å². The molecule has 1 heterocycles. The first-order valence-corrected chi connectivity index (χ1v) is 6.95. The van der Waals surface area contributed by atoms with E-state index in [2.05, 4.69) is 22.2 Å². The van der Waals surface area contributed by atoms with Crippen molar-refractivity contribution in [3.8, 4) is 0 Å². The topological polar surface area (TPSA) is 71.2 Å². The summed E-state index contributed by atoms with van der Waals surface area (Å²) in [6.07, 6.45) is 1.79. The van der Waals surface area contributed by atoms with Gasteiger partial charge in [-0.05, 0) is 30.3 Å². The van der Waals surface area contributed by atoms with Crippen LogP contribution >= 0.6 is 0 Å². The van der Waals surface area contributed by atoms with Crippen molar-refractivity contribution >= 4 is 5.91 Å². The molecular weight excluding hydrogens is 264 g/mol. The van der Waals surface area contributed by atoms with E-state index in [9.17, 15) is 4.79 Å². The molecule has 5 nitrogen and oxygen atoms in total. The van der Waals surface area contributed by atoms with Gasteiger partial charge in [0.05, 0.1) is 5.69 Å². The zero-order valence-corrected chi connectivity index (χ0v) is 12.1. The highest BCUT2D eigenvalue weighted by Crippen LogP contribution is 2.13. The largest absolute Gasteiger partial charge is 0.294 e. The molecule has 0 spiro atoms. The predicted molar refractivity (Wildman–Crippen MR) is 82.1 cm³/mol. The number of hydrogen-bond donors (Lipinski definition) is 2. The molecule has 0 unspecified atom stereocenters. The zero-order chi connectivity index (χ0) is 15.1. The van der Waals surface area contributed by atoms with Crippen molar-refractivity contribution in [2.45, 2.75) is 20.0 Å². The first kappa shape index (κ1) is 15.2. The number of carbonyl (C=O) groups is 1. The van der Waals surface area contributed by atoms with Gasteiger partial charge in [0.15, 0.2) is 0 Å². The number of carbonyl (C=O) groups excluding carboxylic acids is 1. The number of nitrogens with zero attached hydrogens (tertiary/aromatic N) is 2. The summed E-state index contributed by atoms with van der Waals surface area (Å²) < 4.78 is 0. The number of pyridine rings is 1. The highest BCUT2D eigenvalue weighted by atomic mass is 16.2. The van der Waals surface area contributed by atoms with E-state index in [-0.39, 0.29) is 5.91 Å². The Morgan fingerprint density at radius 2 is 1.95 bits per heavy atom. The Labute approximate surface area is 124 Å². The molecule has 110 valence electrons. The molecule has 0 atom stereocenters. The molecular formula is C16H20N4O. The fraction of sp³-hybridized carbons (Fsp3) is 0.250. The van der Waals surface area contributed by atoms with Gasteiger partial charge < -0.3 is 0 Å². The summed E-state index contributed by atoms with van der Waals surface area (Å²) in [6.45, 7) is 4.39. The second-order valence-corrected chi connectivity index (χ2v) is 4.75. The molecule has 2 aromatic rings. The summed E-state index contributed by atoms with van der Waals surface area (Å²) in [5, 5.41) is 0. The molecule has 0 bridgehead atoms. The number of hydrazine groups is 1. The van der Waals surface area contributed by atoms with Gasteiger partial charge in [0.1, 0.15) is 0 Å². The van der Waals surface area contributed by atoms with E-state index < -0.39 is 0 Å². The fourth-order valence-corrected chi connectivity index (χ4v) is 2.20. The molecule has 0 aliphatic rings.